The molecule has 0 radical (unpaired) electrons. The summed E-state index contributed by atoms with van der Waals surface area (Å²) in [6.45, 7) is 5.63. The first kappa shape index (κ1) is 22.8. The third-order valence-electron chi connectivity index (χ3n) is 2.74. The minimum Gasteiger partial charge on any atom is -0.469 e. The maximum atomic E-state index is 11.1. The summed E-state index contributed by atoms with van der Waals surface area (Å²) >= 11 is 0. The van der Waals surface area contributed by atoms with Crippen LogP contribution in [0.3, 0.4) is 0 Å². The van der Waals surface area contributed by atoms with Crippen molar-refractivity contribution in [2.24, 2.45) is 0 Å². The summed E-state index contributed by atoms with van der Waals surface area (Å²) in [4.78, 5) is 21.9. The fourth-order valence-corrected chi connectivity index (χ4v) is 1.51. The molecule has 0 aromatic rings. The van der Waals surface area contributed by atoms with Crippen molar-refractivity contribution in [3.63, 3.8) is 0 Å². The largest absolute Gasteiger partial charge is 0.469 e. The SMILES string of the molecule is CCCC(=O)OCCOCCOCCOCCOCCC(=O)OC. The first-order valence-electron chi connectivity index (χ1n) is 8.24. The van der Waals surface area contributed by atoms with Gasteiger partial charge in [0.2, 0.25) is 0 Å². The normalized spacial score (nSPS) is 10.6. The van der Waals surface area contributed by atoms with E-state index in [9.17, 15) is 9.59 Å². The van der Waals surface area contributed by atoms with Crippen LogP contribution in [-0.2, 0) is 38.0 Å². The van der Waals surface area contributed by atoms with Gasteiger partial charge in [-0.15, -0.1) is 0 Å². The van der Waals surface area contributed by atoms with Gasteiger partial charge in [0, 0.05) is 6.42 Å². The summed E-state index contributed by atoms with van der Waals surface area (Å²) in [5.41, 5.74) is 0. The molecule has 0 N–H and O–H groups in total. The van der Waals surface area contributed by atoms with Crippen molar-refractivity contribution in [1.29, 1.82) is 0 Å². The predicted octanol–water partition coefficient (Wildman–Crippen LogP) is 0.959. The Hall–Kier alpha value is -1.22. The van der Waals surface area contributed by atoms with Crippen molar-refractivity contribution in [3.8, 4) is 0 Å². The summed E-state index contributed by atoms with van der Waals surface area (Å²) in [6, 6.07) is 0. The maximum Gasteiger partial charge on any atom is 0.307 e. The summed E-state index contributed by atoms with van der Waals surface area (Å²) in [6.07, 6.45) is 1.48. The molecule has 8 nitrogen and oxygen atoms in total. The number of methoxy groups -OCH3 is 1. The zero-order chi connectivity index (χ0) is 17.9. The second kappa shape index (κ2) is 18.1. The molecule has 0 rings (SSSR count). The Kier molecular flexibility index (Phi) is 17.2. The van der Waals surface area contributed by atoms with E-state index in [1.54, 1.807) is 0 Å². The van der Waals surface area contributed by atoms with Crippen LogP contribution in [-0.4, -0.2) is 78.5 Å². The molecule has 142 valence electrons. The molecule has 0 fully saturated rings. The molecule has 0 saturated heterocycles. The Morgan fingerprint density at radius 1 is 0.625 bits per heavy atom. The highest BCUT2D eigenvalue weighted by atomic mass is 16.6. The van der Waals surface area contributed by atoms with Gasteiger partial charge in [0.05, 0.1) is 66.4 Å². The van der Waals surface area contributed by atoms with Crippen molar-refractivity contribution in [3.05, 3.63) is 0 Å². The Bertz CT molecular complexity index is 308. The lowest BCUT2D eigenvalue weighted by atomic mass is 10.3. The highest BCUT2D eigenvalue weighted by molar-refractivity contribution is 5.69. The van der Waals surface area contributed by atoms with Crippen LogP contribution in [0.15, 0.2) is 0 Å². The smallest absolute Gasteiger partial charge is 0.307 e. The standard InChI is InChI=1S/C16H30O8/c1-3-4-16(18)24-14-13-23-12-11-22-10-9-21-8-7-20-6-5-15(17)19-2/h3-14H2,1-2H3. The van der Waals surface area contributed by atoms with E-state index >= 15 is 0 Å². The first-order chi connectivity index (χ1) is 11.7. The van der Waals surface area contributed by atoms with Gasteiger partial charge >= 0.3 is 11.9 Å². The van der Waals surface area contributed by atoms with Gasteiger partial charge in [0.25, 0.3) is 0 Å². The number of hydrogen-bond acceptors (Lipinski definition) is 8. The van der Waals surface area contributed by atoms with Crippen molar-refractivity contribution in [2.45, 2.75) is 26.2 Å². The third-order valence-corrected chi connectivity index (χ3v) is 2.74. The van der Waals surface area contributed by atoms with Crippen LogP contribution in [0.1, 0.15) is 26.2 Å². The Morgan fingerprint density at radius 3 is 1.54 bits per heavy atom. The van der Waals surface area contributed by atoms with E-state index < -0.39 is 0 Å². The Morgan fingerprint density at radius 2 is 1.08 bits per heavy atom. The average Bonchev–Trinajstić information content (AvgIpc) is 2.58. The van der Waals surface area contributed by atoms with E-state index in [0.29, 0.717) is 59.3 Å². The van der Waals surface area contributed by atoms with Gasteiger partial charge in [-0.25, -0.2) is 0 Å². The van der Waals surface area contributed by atoms with Gasteiger partial charge in [-0.1, -0.05) is 6.92 Å². The second-order valence-corrected chi connectivity index (χ2v) is 4.75. The monoisotopic (exact) mass is 350 g/mol. The number of hydrogen-bond donors (Lipinski definition) is 0. The van der Waals surface area contributed by atoms with Crippen molar-refractivity contribution in [2.75, 3.05) is 66.6 Å². The van der Waals surface area contributed by atoms with Crippen LogP contribution >= 0.6 is 0 Å². The Labute approximate surface area is 143 Å². The molecule has 0 aliphatic carbocycles. The lowest BCUT2D eigenvalue weighted by molar-refractivity contribution is -0.145. The molecular formula is C16H30O8. The summed E-state index contributed by atoms with van der Waals surface area (Å²) < 4.78 is 30.5. The molecule has 8 heteroatoms. The van der Waals surface area contributed by atoms with Crippen LogP contribution < -0.4 is 0 Å². The molecule has 0 unspecified atom stereocenters. The molecule has 0 aliphatic heterocycles. The molecular weight excluding hydrogens is 320 g/mol. The van der Waals surface area contributed by atoms with E-state index in [-0.39, 0.29) is 25.0 Å². The van der Waals surface area contributed by atoms with Gasteiger partial charge in [0.1, 0.15) is 6.61 Å². The lowest BCUT2D eigenvalue weighted by Gasteiger charge is -2.07. The number of esters is 2. The number of ether oxygens (including phenoxy) is 6. The number of carbonyl (C=O) groups excluding carboxylic acids is 2. The second-order valence-electron chi connectivity index (χ2n) is 4.75. The van der Waals surface area contributed by atoms with Crippen LogP contribution in [0, 0.1) is 0 Å². The summed E-state index contributed by atoms with van der Waals surface area (Å²) in [7, 11) is 1.35. The first-order valence-corrected chi connectivity index (χ1v) is 8.24. The van der Waals surface area contributed by atoms with Gasteiger partial charge in [-0.3, -0.25) is 9.59 Å². The predicted molar refractivity (Wildman–Crippen MR) is 85.8 cm³/mol. The van der Waals surface area contributed by atoms with E-state index in [4.69, 9.17) is 23.7 Å². The zero-order valence-corrected chi connectivity index (χ0v) is 14.8. The number of carbonyl (C=O) groups is 2. The van der Waals surface area contributed by atoms with E-state index in [1.165, 1.54) is 7.11 Å². The average molecular weight is 350 g/mol. The molecule has 0 heterocycles. The van der Waals surface area contributed by atoms with Crippen LogP contribution in [0.2, 0.25) is 0 Å². The Balaban J connectivity index is 3.07. The fraction of sp³-hybridized carbons (Fsp3) is 0.875. The summed E-state index contributed by atoms with van der Waals surface area (Å²) in [5.74, 6) is -0.477. The van der Waals surface area contributed by atoms with Gasteiger partial charge < -0.3 is 28.4 Å². The van der Waals surface area contributed by atoms with Crippen molar-refractivity contribution < 1.29 is 38.0 Å². The van der Waals surface area contributed by atoms with E-state index in [1.807, 2.05) is 6.92 Å². The van der Waals surface area contributed by atoms with Crippen molar-refractivity contribution >= 4 is 11.9 Å². The third kappa shape index (κ3) is 17.1. The van der Waals surface area contributed by atoms with Gasteiger partial charge in [0.15, 0.2) is 0 Å². The molecule has 24 heavy (non-hydrogen) atoms. The fourth-order valence-electron chi connectivity index (χ4n) is 1.51. The molecule has 0 atom stereocenters. The number of rotatable bonds is 17. The molecule has 0 bridgehead atoms. The van der Waals surface area contributed by atoms with E-state index in [2.05, 4.69) is 4.74 Å². The maximum absolute atomic E-state index is 11.1. The highest BCUT2D eigenvalue weighted by Crippen LogP contribution is 1.91. The van der Waals surface area contributed by atoms with Crippen molar-refractivity contribution in [1.82, 2.24) is 0 Å². The van der Waals surface area contributed by atoms with Crippen LogP contribution in [0.5, 0.6) is 0 Å². The molecule has 0 aromatic carbocycles. The van der Waals surface area contributed by atoms with Gasteiger partial charge in [-0.2, -0.15) is 0 Å². The van der Waals surface area contributed by atoms with Gasteiger partial charge in [-0.05, 0) is 6.42 Å². The molecule has 0 aliphatic rings. The summed E-state index contributed by atoms with van der Waals surface area (Å²) in [5, 5.41) is 0. The minimum absolute atomic E-state index is 0.191. The minimum atomic E-state index is -0.286. The van der Waals surface area contributed by atoms with Crippen LogP contribution in [0.25, 0.3) is 0 Å². The molecule has 0 amide bonds. The quantitative estimate of drug-likeness (QED) is 0.283. The van der Waals surface area contributed by atoms with E-state index in [0.717, 1.165) is 6.42 Å². The lowest BCUT2D eigenvalue weighted by Crippen LogP contribution is -2.14. The van der Waals surface area contributed by atoms with Crippen LogP contribution in [0.4, 0.5) is 0 Å². The highest BCUT2D eigenvalue weighted by Gasteiger charge is 2.00. The molecule has 0 saturated carbocycles. The zero-order valence-electron chi connectivity index (χ0n) is 14.8. The molecule has 0 aromatic heterocycles. The molecule has 0 spiro atoms. The topological polar surface area (TPSA) is 89.5 Å².